The van der Waals surface area contributed by atoms with Gasteiger partial charge in [-0.05, 0) is 6.07 Å². The molecule has 20 heavy (non-hydrogen) atoms. The van der Waals surface area contributed by atoms with E-state index in [1.165, 1.54) is 25.3 Å². The second-order valence-corrected chi connectivity index (χ2v) is 4.26. The van der Waals surface area contributed by atoms with E-state index in [1.807, 2.05) is 34.9 Å². The number of rotatable bonds is 6. The Morgan fingerprint density at radius 3 is 2.80 bits per heavy atom. The van der Waals surface area contributed by atoms with E-state index >= 15 is 0 Å². The number of nitrogens with zero attached hydrogens (tertiary/aromatic N) is 3. The third kappa shape index (κ3) is 3.25. The minimum Gasteiger partial charge on any atom is -0.493 e. The normalized spacial score (nSPS) is 10.3. The molecule has 7 nitrogen and oxygen atoms in total. The van der Waals surface area contributed by atoms with Crippen LogP contribution in [0.5, 0.6) is 11.5 Å². The Hall–Kier alpha value is -2.57. The number of ether oxygens (including phenoxy) is 2. The van der Waals surface area contributed by atoms with E-state index < -0.39 is 4.92 Å². The molecule has 0 atom stereocenters. The number of methoxy groups -OCH3 is 1. The van der Waals surface area contributed by atoms with Crippen molar-refractivity contribution in [1.29, 1.82) is 0 Å². The lowest BCUT2D eigenvalue weighted by Gasteiger charge is -2.09. The van der Waals surface area contributed by atoms with Gasteiger partial charge in [-0.1, -0.05) is 0 Å². The maximum Gasteiger partial charge on any atom is 0.273 e. The lowest BCUT2D eigenvalue weighted by atomic mass is 10.3. The molecule has 0 spiro atoms. The highest BCUT2D eigenvalue weighted by atomic mass is 16.6. The lowest BCUT2D eigenvalue weighted by Crippen LogP contribution is -2.34. The summed E-state index contributed by atoms with van der Waals surface area (Å²) >= 11 is 0. The topological polar surface area (TPSA) is 70.4 Å². The quantitative estimate of drug-likeness (QED) is 0.454. The molecule has 2 rings (SSSR count). The number of aromatic nitrogens is 2. The van der Waals surface area contributed by atoms with Crippen molar-refractivity contribution in [2.24, 2.45) is 7.05 Å². The van der Waals surface area contributed by atoms with Crippen molar-refractivity contribution >= 4 is 5.69 Å². The van der Waals surface area contributed by atoms with Crippen LogP contribution < -0.4 is 14.0 Å². The number of hydrogen-bond acceptors (Lipinski definition) is 4. The van der Waals surface area contributed by atoms with Gasteiger partial charge in [0.15, 0.2) is 11.5 Å². The molecule has 0 aliphatic rings. The van der Waals surface area contributed by atoms with Crippen LogP contribution in [0.2, 0.25) is 0 Å². The van der Waals surface area contributed by atoms with Crippen molar-refractivity contribution in [3.63, 3.8) is 0 Å². The molecule has 1 aromatic heterocycles. The first kappa shape index (κ1) is 13.9. The van der Waals surface area contributed by atoms with Crippen LogP contribution in [-0.4, -0.2) is 23.2 Å². The first-order valence-electron chi connectivity index (χ1n) is 6.06. The Kier molecular flexibility index (Phi) is 4.19. The molecular formula is C13H16N3O4+. The van der Waals surface area contributed by atoms with Gasteiger partial charge in [-0.2, -0.15) is 0 Å². The predicted octanol–water partition coefficient (Wildman–Crippen LogP) is 1.31. The maximum absolute atomic E-state index is 10.8. The van der Waals surface area contributed by atoms with E-state index in [0.717, 1.165) is 0 Å². The van der Waals surface area contributed by atoms with Crippen molar-refractivity contribution in [2.75, 3.05) is 13.7 Å². The predicted molar refractivity (Wildman–Crippen MR) is 70.8 cm³/mol. The molecule has 1 heterocycles. The summed E-state index contributed by atoms with van der Waals surface area (Å²) in [7, 11) is 3.43. The number of imidazole rings is 1. The fourth-order valence-corrected chi connectivity index (χ4v) is 1.79. The number of aryl methyl sites for hydroxylation is 1. The number of benzene rings is 1. The molecule has 2 aromatic rings. The Labute approximate surface area is 116 Å². The largest absolute Gasteiger partial charge is 0.493 e. The summed E-state index contributed by atoms with van der Waals surface area (Å²) in [4.78, 5) is 10.3. The van der Waals surface area contributed by atoms with Crippen molar-refractivity contribution < 1.29 is 19.0 Å². The van der Waals surface area contributed by atoms with Gasteiger partial charge >= 0.3 is 0 Å². The highest BCUT2D eigenvalue weighted by Gasteiger charge is 2.12. The molecule has 0 saturated carbocycles. The second kappa shape index (κ2) is 6.05. The molecular weight excluding hydrogens is 262 g/mol. The Balaban J connectivity index is 2.03. The van der Waals surface area contributed by atoms with Crippen LogP contribution in [0.1, 0.15) is 0 Å². The van der Waals surface area contributed by atoms with Crippen LogP contribution in [0, 0.1) is 10.1 Å². The molecule has 0 fully saturated rings. The van der Waals surface area contributed by atoms with E-state index in [4.69, 9.17) is 9.47 Å². The highest BCUT2D eigenvalue weighted by Crippen LogP contribution is 2.30. The van der Waals surface area contributed by atoms with Crippen LogP contribution in [0.3, 0.4) is 0 Å². The van der Waals surface area contributed by atoms with Gasteiger partial charge in [-0.25, -0.2) is 9.13 Å². The van der Waals surface area contributed by atoms with Crippen LogP contribution in [0.4, 0.5) is 5.69 Å². The van der Waals surface area contributed by atoms with Crippen LogP contribution in [0.15, 0.2) is 36.9 Å². The summed E-state index contributed by atoms with van der Waals surface area (Å²) in [5.74, 6) is 0.854. The smallest absolute Gasteiger partial charge is 0.273 e. The SMILES string of the molecule is COc1ccc([N+](=O)[O-])cc1OCC[n+]1ccn(C)c1. The standard InChI is InChI=1S/C13H16N3O4/c1-14-5-6-15(10-14)7-8-20-13-9-11(16(17)18)3-4-12(13)19-2/h3-6,9-10H,7-8H2,1-2H3/q+1. The van der Waals surface area contributed by atoms with Gasteiger partial charge in [0.1, 0.15) is 25.5 Å². The van der Waals surface area contributed by atoms with Gasteiger partial charge < -0.3 is 9.47 Å². The summed E-state index contributed by atoms with van der Waals surface area (Å²) in [5, 5.41) is 10.8. The zero-order valence-electron chi connectivity index (χ0n) is 11.4. The van der Waals surface area contributed by atoms with Gasteiger partial charge in [-0.3, -0.25) is 10.1 Å². The third-order valence-corrected chi connectivity index (χ3v) is 2.79. The van der Waals surface area contributed by atoms with E-state index in [9.17, 15) is 10.1 Å². The monoisotopic (exact) mass is 278 g/mol. The highest BCUT2D eigenvalue weighted by molar-refractivity contribution is 5.48. The molecule has 1 aromatic carbocycles. The molecule has 0 aliphatic heterocycles. The summed E-state index contributed by atoms with van der Waals surface area (Å²) in [6.45, 7) is 1.04. The second-order valence-electron chi connectivity index (χ2n) is 4.26. The van der Waals surface area contributed by atoms with Crippen molar-refractivity contribution in [2.45, 2.75) is 6.54 Å². The molecule has 0 aliphatic carbocycles. The Morgan fingerprint density at radius 1 is 1.40 bits per heavy atom. The first-order valence-corrected chi connectivity index (χ1v) is 6.06. The zero-order chi connectivity index (χ0) is 14.5. The lowest BCUT2D eigenvalue weighted by molar-refractivity contribution is -0.697. The molecule has 0 bridgehead atoms. The molecule has 0 radical (unpaired) electrons. The van der Waals surface area contributed by atoms with E-state index in [1.54, 1.807) is 0 Å². The van der Waals surface area contributed by atoms with Gasteiger partial charge in [0.25, 0.3) is 5.69 Å². The van der Waals surface area contributed by atoms with Crippen molar-refractivity contribution in [1.82, 2.24) is 4.57 Å². The molecule has 7 heteroatoms. The van der Waals surface area contributed by atoms with Crippen LogP contribution in [0.25, 0.3) is 0 Å². The molecule has 0 amide bonds. The number of hydrogen-bond donors (Lipinski definition) is 0. The minimum atomic E-state index is -0.460. The fraction of sp³-hybridized carbons (Fsp3) is 0.308. The first-order chi connectivity index (χ1) is 9.60. The Morgan fingerprint density at radius 2 is 2.20 bits per heavy atom. The number of nitro benzene ring substituents is 1. The fourth-order valence-electron chi connectivity index (χ4n) is 1.79. The summed E-state index contributed by atoms with van der Waals surface area (Å²) < 4.78 is 14.6. The summed E-state index contributed by atoms with van der Waals surface area (Å²) in [6, 6.07) is 4.29. The van der Waals surface area contributed by atoms with Crippen molar-refractivity contribution in [3.8, 4) is 11.5 Å². The molecule has 106 valence electrons. The average molecular weight is 278 g/mol. The average Bonchev–Trinajstić information content (AvgIpc) is 2.84. The molecule has 0 N–H and O–H groups in total. The van der Waals surface area contributed by atoms with Gasteiger partial charge in [-0.15, -0.1) is 0 Å². The number of non-ortho nitro benzene ring substituents is 1. The Bertz CT molecular complexity index is 609. The minimum absolute atomic E-state index is 0.0202. The summed E-state index contributed by atoms with van der Waals surface area (Å²) in [5.41, 5.74) is -0.0202. The van der Waals surface area contributed by atoms with Gasteiger partial charge in [0.2, 0.25) is 6.33 Å². The maximum atomic E-state index is 10.8. The van der Waals surface area contributed by atoms with E-state index in [2.05, 4.69) is 0 Å². The number of nitro groups is 1. The van der Waals surface area contributed by atoms with Gasteiger partial charge in [0, 0.05) is 6.07 Å². The van der Waals surface area contributed by atoms with Gasteiger partial charge in [0.05, 0.1) is 25.1 Å². The summed E-state index contributed by atoms with van der Waals surface area (Å²) in [6.07, 6.45) is 5.77. The third-order valence-electron chi connectivity index (χ3n) is 2.79. The van der Waals surface area contributed by atoms with E-state index in [0.29, 0.717) is 24.7 Å². The van der Waals surface area contributed by atoms with Crippen molar-refractivity contribution in [3.05, 3.63) is 47.0 Å². The molecule has 0 unspecified atom stereocenters. The van der Waals surface area contributed by atoms with Crippen LogP contribution in [-0.2, 0) is 13.6 Å². The van der Waals surface area contributed by atoms with E-state index in [-0.39, 0.29) is 5.69 Å². The zero-order valence-corrected chi connectivity index (χ0v) is 11.4. The molecule has 0 saturated heterocycles. The van der Waals surface area contributed by atoms with Crippen LogP contribution >= 0.6 is 0 Å².